The zero-order valence-corrected chi connectivity index (χ0v) is 10.9. The van der Waals surface area contributed by atoms with Crippen molar-refractivity contribution in [2.75, 3.05) is 19.8 Å². The Kier molecular flexibility index (Phi) is 4.64. The average molecular weight is 291 g/mol. The van der Waals surface area contributed by atoms with Crippen molar-refractivity contribution in [2.45, 2.75) is 32.0 Å². The maximum Gasteiger partial charge on any atom is 0.411 e. The Morgan fingerprint density at radius 2 is 2.25 bits per heavy atom. The molecule has 0 aromatic carbocycles. The fraction of sp³-hybridized carbons (Fsp3) is 0.667. The molecule has 0 saturated carbocycles. The number of hydrogen-bond acceptors (Lipinski definition) is 3. The van der Waals surface area contributed by atoms with Crippen molar-refractivity contribution in [3.8, 4) is 0 Å². The van der Waals surface area contributed by atoms with Crippen LogP contribution in [0.5, 0.6) is 0 Å². The number of ether oxygens (including phenoxy) is 1. The molecule has 0 fully saturated rings. The summed E-state index contributed by atoms with van der Waals surface area (Å²) in [5.74, 6) is 0.497. The molecule has 1 N–H and O–H groups in total. The molecule has 1 aliphatic heterocycles. The third kappa shape index (κ3) is 4.22. The molecule has 0 atom stereocenters. The third-order valence-corrected chi connectivity index (χ3v) is 2.94. The van der Waals surface area contributed by atoms with Gasteiger partial charge in [-0.25, -0.2) is 4.98 Å². The summed E-state index contributed by atoms with van der Waals surface area (Å²) in [4.78, 5) is 16.0. The number of carbonyl (C=O) groups is 1. The number of rotatable bonds is 5. The summed E-state index contributed by atoms with van der Waals surface area (Å²) in [7, 11) is 0. The Morgan fingerprint density at radius 3 is 2.95 bits per heavy atom. The molecular formula is C12H16F3N3O2. The van der Waals surface area contributed by atoms with Crippen molar-refractivity contribution in [3.63, 3.8) is 0 Å². The van der Waals surface area contributed by atoms with Crippen LogP contribution in [-0.2, 0) is 17.7 Å². The van der Waals surface area contributed by atoms with Gasteiger partial charge in [-0.1, -0.05) is 0 Å². The molecule has 0 radical (unpaired) electrons. The molecule has 1 aromatic heterocycles. The minimum absolute atomic E-state index is 0.0249. The summed E-state index contributed by atoms with van der Waals surface area (Å²) in [6.45, 7) is -0.609. The van der Waals surface area contributed by atoms with Gasteiger partial charge in [-0.15, -0.1) is 0 Å². The van der Waals surface area contributed by atoms with E-state index in [1.807, 2.05) is 4.57 Å². The first-order valence-electron chi connectivity index (χ1n) is 6.44. The normalized spacial score (nSPS) is 14.9. The van der Waals surface area contributed by atoms with E-state index in [4.69, 9.17) is 0 Å². The topological polar surface area (TPSA) is 56.1 Å². The van der Waals surface area contributed by atoms with Gasteiger partial charge in [0, 0.05) is 25.7 Å². The predicted molar refractivity (Wildman–Crippen MR) is 64.4 cm³/mol. The summed E-state index contributed by atoms with van der Waals surface area (Å²) >= 11 is 0. The number of halogens is 3. The number of alkyl halides is 3. The monoisotopic (exact) mass is 291 g/mol. The summed E-state index contributed by atoms with van der Waals surface area (Å²) < 4.78 is 41.8. The molecule has 20 heavy (non-hydrogen) atoms. The lowest BCUT2D eigenvalue weighted by Gasteiger charge is -2.11. The van der Waals surface area contributed by atoms with Gasteiger partial charge in [-0.2, -0.15) is 13.2 Å². The lowest BCUT2D eigenvalue weighted by Crippen LogP contribution is -2.29. The van der Waals surface area contributed by atoms with Gasteiger partial charge in [0.2, 0.25) is 0 Å². The van der Waals surface area contributed by atoms with Gasteiger partial charge in [0.25, 0.3) is 5.91 Å². The van der Waals surface area contributed by atoms with Crippen LogP contribution in [0.15, 0.2) is 6.20 Å². The second kappa shape index (κ2) is 6.25. The number of nitrogens with one attached hydrogen (secondary N) is 1. The van der Waals surface area contributed by atoms with Gasteiger partial charge in [0.1, 0.15) is 18.1 Å². The van der Waals surface area contributed by atoms with E-state index in [1.165, 1.54) is 0 Å². The minimum Gasteiger partial charge on any atom is -0.370 e. The summed E-state index contributed by atoms with van der Waals surface area (Å²) in [5, 5.41) is 2.49. The van der Waals surface area contributed by atoms with Crippen molar-refractivity contribution in [3.05, 3.63) is 17.7 Å². The molecule has 1 amide bonds. The van der Waals surface area contributed by atoms with E-state index in [2.05, 4.69) is 15.0 Å². The van der Waals surface area contributed by atoms with Crippen LogP contribution in [0, 0.1) is 0 Å². The van der Waals surface area contributed by atoms with Gasteiger partial charge in [-0.05, 0) is 12.8 Å². The number of carbonyl (C=O) groups excluding carboxylic acids is 1. The first kappa shape index (κ1) is 14.8. The smallest absolute Gasteiger partial charge is 0.370 e. The number of aryl methyl sites for hydroxylation is 2. The van der Waals surface area contributed by atoms with E-state index < -0.39 is 12.8 Å². The zero-order valence-electron chi connectivity index (χ0n) is 10.9. The Hall–Kier alpha value is -1.57. The zero-order chi connectivity index (χ0) is 14.6. The maximum absolute atomic E-state index is 11.8. The highest BCUT2D eigenvalue weighted by molar-refractivity contribution is 5.92. The first-order valence-corrected chi connectivity index (χ1v) is 6.44. The van der Waals surface area contributed by atoms with E-state index in [0.717, 1.165) is 31.6 Å². The molecule has 0 aliphatic carbocycles. The van der Waals surface area contributed by atoms with Crippen LogP contribution in [-0.4, -0.2) is 41.4 Å². The van der Waals surface area contributed by atoms with E-state index >= 15 is 0 Å². The lowest BCUT2D eigenvalue weighted by atomic mass is 10.2. The fourth-order valence-electron chi connectivity index (χ4n) is 2.04. The average Bonchev–Trinajstić information content (AvgIpc) is 2.80. The summed E-state index contributed by atoms with van der Waals surface area (Å²) in [6, 6.07) is 0. The number of aromatic nitrogens is 2. The second-order valence-electron chi connectivity index (χ2n) is 4.62. The molecule has 0 unspecified atom stereocenters. The Labute approximate surface area is 114 Å². The first-order chi connectivity index (χ1) is 9.46. The van der Waals surface area contributed by atoms with E-state index in [9.17, 15) is 18.0 Å². The van der Waals surface area contributed by atoms with Crippen molar-refractivity contribution < 1.29 is 22.7 Å². The molecule has 0 saturated heterocycles. The fourth-order valence-corrected chi connectivity index (χ4v) is 2.04. The molecule has 5 nitrogen and oxygen atoms in total. The minimum atomic E-state index is -4.34. The third-order valence-electron chi connectivity index (χ3n) is 2.94. The van der Waals surface area contributed by atoms with Crippen LogP contribution in [0.4, 0.5) is 13.2 Å². The van der Waals surface area contributed by atoms with Gasteiger partial charge in [-0.3, -0.25) is 4.79 Å². The molecule has 2 heterocycles. The highest BCUT2D eigenvalue weighted by Crippen LogP contribution is 2.15. The number of imidazole rings is 1. The van der Waals surface area contributed by atoms with E-state index in [0.29, 0.717) is 5.69 Å². The van der Waals surface area contributed by atoms with E-state index in [1.54, 1.807) is 6.20 Å². The molecule has 112 valence electrons. The largest absolute Gasteiger partial charge is 0.411 e. The van der Waals surface area contributed by atoms with Crippen molar-refractivity contribution >= 4 is 5.91 Å². The van der Waals surface area contributed by atoms with Crippen molar-refractivity contribution in [2.24, 2.45) is 0 Å². The van der Waals surface area contributed by atoms with Crippen LogP contribution < -0.4 is 5.32 Å². The van der Waals surface area contributed by atoms with Gasteiger partial charge < -0.3 is 14.6 Å². The Balaban J connectivity index is 1.73. The number of nitrogens with zero attached hydrogens (tertiary/aromatic N) is 2. The number of amides is 1. The van der Waals surface area contributed by atoms with Crippen LogP contribution in [0.3, 0.4) is 0 Å². The van der Waals surface area contributed by atoms with Crippen molar-refractivity contribution in [1.29, 1.82) is 0 Å². The van der Waals surface area contributed by atoms with E-state index in [-0.39, 0.29) is 19.1 Å². The predicted octanol–water partition coefficient (Wildman–Crippen LogP) is 1.53. The molecule has 1 aromatic rings. The Bertz CT molecular complexity index is 448. The SMILES string of the molecule is O=C(NCCOCC(F)(F)F)c1cn2c(n1)CCCC2. The molecule has 8 heteroatoms. The highest BCUT2D eigenvalue weighted by Gasteiger charge is 2.27. The van der Waals surface area contributed by atoms with Gasteiger partial charge in [0.15, 0.2) is 0 Å². The maximum atomic E-state index is 11.8. The standard InChI is InChI=1S/C12H16F3N3O2/c13-12(14,15)8-20-6-4-16-11(19)9-7-18-5-2-1-3-10(18)17-9/h7H,1-6,8H2,(H,16,19). The quantitative estimate of drug-likeness (QED) is 0.837. The summed E-state index contributed by atoms with van der Waals surface area (Å²) in [6.07, 6.45) is 0.314. The molecule has 2 rings (SSSR count). The molecule has 0 bridgehead atoms. The second-order valence-corrected chi connectivity index (χ2v) is 4.62. The van der Waals surface area contributed by atoms with Crippen LogP contribution in [0.2, 0.25) is 0 Å². The summed E-state index contributed by atoms with van der Waals surface area (Å²) in [5.41, 5.74) is 0.303. The molecule has 1 aliphatic rings. The van der Waals surface area contributed by atoms with Crippen LogP contribution in [0.25, 0.3) is 0 Å². The van der Waals surface area contributed by atoms with Gasteiger partial charge >= 0.3 is 6.18 Å². The molecule has 0 spiro atoms. The number of hydrogen-bond donors (Lipinski definition) is 1. The van der Waals surface area contributed by atoms with Crippen LogP contribution >= 0.6 is 0 Å². The molecular weight excluding hydrogens is 275 g/mol. The van der Waals surface area contributed by atoms with Crippen LogP contribution in [0.1, 0.15) is 29.2 Å². The highest BCUT2D eigenvalue weighted by atomic mass is 19.4. The number of fused-ring (bicyclic) bond motifs is 1. The Morgan fingerprint density at radius 1 is 1.45 bits per heavy atom. The lowest BCUT2D eigenvalue weighted by molar-refractivity contribution is -0.173. The van der Waals surface area contributed by atoms with Crippen molar-refractivity contribution in [1.82, 2.24) is 14.9 Å². The van der Waals surface area contributed by atoms with Gasteiger partial charge in [0.05, 0.1) is 6.61 Å².